The molecule has 112 valence electrons. The number of hydrogen-bond donors (Lipinski definition) is 2. The van der Waals surface area contributed by atoms with Crippen LogP contribution in [-0.4, -0.2) is 29.4 Å². The largest absolute Gasteiger partial charge is 0.507 e. The Hall–Kier alpha value is -1.55. The van der Waals surface area contributed by atoms with Crippen molar-refractivity contribution in [3.63, 3.8) is 0 Å². The summed E-state index contributed by atoms with van der Waals surface area (Å²) in [6.45, 7) is 7.82. The predicted molar refractivity (Wildman–Crippen MR) is 78.2 cm³/mol. The molecule has 0 aliphatic rings. The molecule has 4 heteroatoms. The van der Waals surface area contributed by atoms with Crippen molar-refractivity contribution in [2.45, 2.75) is 46.0 Å². The van der Waals surface area contributed by atoms with Gasteiger partial charge in [-0.2, -0.15) is 0 Å². The lowest BCUT2D eigenvalue weighted by molar-refractivity contribution is 0.0433. The average Bonchev–Trinajstić information content (AvgIpc) is 2.44. The molecule has 0 amide bonds. The Morgan fingerprint density at radius 2 is 1.95 bits per heavy atom. The Labute approximate surface area is 120 Å². The fourth-order valence-electron chi connectivity index (χ4n) is 2.01. The fraction of sp³-hybridized carbons (Fsp3) is 0.562. The summed E-state index contributed by atoms with van der Waals surface area (Å²) < 4.78 is 4.95. The van der Waals surface area contributed by atoms with Gasteiger partial charge in [0.15, 0.2) is 0 Å². The molecule has 0 atom stereocenters. The molecule has 0 fully saturated rings. The molecule has 1 aromatic carbocycles. The summed E-state index contributed by atoms with van der Waals surface area (Å²) in [6.07, 6.45) is 1.48. The van der Waals surface area contributed by atoms with Crippen molar-refractivity contribution in [1.29, 1.82) is 0 Å². The van der Waals surface area contributed by atoms with Gasteiger partial charge < -0.3 is 14.9 Å². The standard InChI is InChI=1S/C16H24O4/c1-5-11-9-12(15(19)20-8-7-17)10-13(14(11)18)16(3,4)6-2/h9-10,17-18H,5-8H2,1-4H3. The number of phenols is 1. The highest BCUT2D eigenvalue weighted by molar-refractivity contribution is 5.90. The van der Waals surface area contributed by atoms with Crippen LogP contribution in [0.25, 0.3) is 0 Å². The molecule has 1 aromatic rings. The average molecular weight is 280 g/mol. The Bertz CT molecular complexity index is 478. The van der Waals surface area contributed by atoms with Gasteiger partial charge in [0.1, 0.15) is 12.4 Å². The molecule has 0 aliphatic heterocycles. The number of benzene rings is 1. The SMILES string of the molecule is CCc1cc(C(=O)OCCO)cc(C(C)(C)CC)c1O. The van der Waals surface area contributed by atoms with E-state index in [0.29, 0.717) is 12.0 Å². The first-order valence-electron chi connectivity index (χ1n) is 7.01. The number of rotatable bonds is 6. The predicted octanol–water partition coefficient (Wildman–Crippen LogP) is 2.79. The molecule has 0 saturated heterocycles. The topological polar surface area (TPSA) is 66.8 Å². The van der Waals surface area contributed by atoms with Gasteiger partial charge in [0.2, 0.25) is 0 Å². The van der Waals surface area contributed by atoms with Crippen molar-refractivity contribution >= 4 is 5.97 Å². The first-order chi connectivity index (χ1) is 9.37. The maximum absolute atomic E-state index is 11.9. The number of aliphatic hydroxyl groups excluding tert-OH is 1. The summed E-state index contributed by atoms with van der Waals surface area (Å²) in [6, 6.07) is 3.35. The molecule has 1 rings (SSSR count). The van der Waals surface area contributed by atoms with E-state index in [1.54, 1.807) is 12.1 Å². The Kier molecular flexibility index (Phi) is 5.57. The molecule has 0 aromatic heterocycles. The van der Waals surface area contributed by atoms with E-state index >= 15 is 0 Å². The quantitative estimate of drug-likeness (QED) is 0.786. The number of aromatic hydroxyl groups is 1. The number of carbonyl (C=O) groups is 1. The van der Waals surface area contributed by atoms with E-state index in [9.17, 15) is 9.90 Å². The van der Waals surface area contributed by atoms with Crippen LogP contribution in [0.1, 0.15) is 55.6 Å². The van der Waals surface area contributed by atoms with Gasteiger partial charge in [-0.05, 0) is 36.0 Å². The molecule has 0 radical (unpaired) electrons. The molecule has 0 bridgehead atoms. The molecule has 20 heavy (non-hydrogen) atoms. The minimum atomic E-state index is -0.470. The Morgan fingerprint density at radius 1 is 1.30 bits per heavy atom. The second-order valence-corrected chi connectivity index (χ2v) is 5.48. The summed E-state index contributed by atoms with van der Waals surface area (Å²) in [4.78, 5) is 11.9. The van der Waals surface area contributed by atoms with Crippen molar-refractivity contribution in [1.82, 2.24) is 0 Å². The molecule has 0 unspecified atom stereocenters. The molecule has 0 spiro atoms. The van der Waals surface area contributed by atoms with Crippen LogP contribution in [-0.2, 0) is 16.6 Å². The lowest BCUT2D eigenvalue weighted by atomic mass is 9.80. The Balaban J connectivity index is 3.28. The first-order valence-corrected chi connectivity index (χ1v) is 7.01. The van der Waals surface area contributed by atoms with Crippen LogP contribution in [0, 0.1) is 0 Å². The lowest BCUT2D eigenvalue weighted by Gasteiger charge is -2.26. The molecule has 0 aliphatic carbocycles. The third-order valence-corrected chi connectivity index (χ3v) is 3.74. The summed E-state index contributed by atoms with van der Waals surface area (Å²) in [5.41, 5.74) is 1.70. The van der Waals surface area contributed by atoms with Crippen molar-refractivity contribution in [2.75, 3.05) is 13.2 Å². The second-order valence-electron chi connectivity index (χ2n) is 5.48. The number of aryl methyl sites for hydroxylation is 1. The van der Waals surface area contributed by atoms with E-state index in [2.05, 4.69) is 0 Å². The number of ether oxygens (including phenoxy) is 1. The molecule has 0 saturated carbocycles. The van der Waals surface area contributed by atoms with Gasteiger partial charge in [0.25, 0.3) is 0 Å². The van der Waals surface area contributed by atoms with Crippen LogP contribution in [0.3, 0.4) is 0 Å². The molecule has 2 N–H and O–H groups in total. The van der Waals surface area contributed by atoms with Gasteiger partial charge in [0, 0.05) is 5.56 Å². The van der Waals surface area contributed by atoms with Gasteiger partial charge >= 0.3 is 5.97 Å². The second kappa shape index (κ2) is 6.75. The number of aliphatic hydroxyl groups is 1. The lowest BCUT2D eigenvalue weighted by Crippen LogP contribution is -2.18. The zero-order valence-corrected chi connectivity index (χ0v) is 12.7. The fourth-order valence-corrected chi connectivity index (χ4v) is 2.01. The zero-order chi connectivity index (χ0) is 15.3. The number of phenolic OH excluding ortho intramolecular Hbond substituents is 1. The zero-order valence-electron chi connectivity index (χ0n) is 12.7. The van der Waals surface area contributed by atoms with Crippen molar-refractivity contribution in [3.05, 3.63) is 28.8 Å². The van der Waals surface area contributed by atoms with E-state index in [4.69, 9.17) is 9.84 Å². The summed E-state index contributed by atoms with van der Waals surface area (Å²) >= 11 is 0. The summed E-state index contributed by atoms with van der Waals surface area (Å²) in [5, 5.41) is 19.1. The number of carbonyl (C=O) groups excluding carboxylic acids is 1. The maximum Gasteiger partial charge on any atom is 0.338 e. The van der Waals surface area contributed by atoms with Crippen LogP contribution in [0.4, 0.5) is 0 Å². The van der Waals surface area contributed by atoms with Crippen molar-refractivity contribution in [2.24, 2.45) is 0 Å². The minimum absolute atomic E-state index is 0.0202. The van der Waals surface area contributed by atoms with Gasteiger partial charge in [-0.1, -0.05) is 27.7 Å². The van der Waals surface area contributed by atoms with Gasteiger partial charge in [-0.3, -0.25) is 0 Å². The first kappa shape index (κ1) is 16.5. The van der Waals surface area contributed by atoms with Crippen LogP contribution < -0.4 is 0 Å². The van der Waals surface area contributed by atoms with Crippen LogP contribution in [0.5, 0.6) is 5.75 Å². The molecular formula is C16H24O4. The van der Waals surface area contributed by atoms with Crippen molar-refractivity contribution in [3.8, 4) is 5.75 Å². The molecule has 4 nitrogen and oxygen atoms in total. The third kappa shape index (κ3) is 3.51. The smallest absolute Gasteiger partial charge is 0.338 e. The third-order valence-electron chi connectivity index (χ3n) is 3.74. The highest BCUT2D eigenvalue weighted by Crippen LogP contribution is 2.37. The van der Waals surface area contributed by atoms with E-state index in [1.165, 1.54) is 0 Å². The highest BCUT2D eigenvalue weighted by Gasteiger charge is 2.25. The van der Waals surface area contributed by atoms with Crippen LogP contribution >= 0.6 is 0 Å². The normalized spacial score (nSPS) is 11.4. The van der Waals surface area contributed by atoms with Crippen LogP contribution in [0.2, 0.25) is 0 Å². The van der Waals surface area contributed by atoms with Gasteiger partial charge in [0.05, 0.1) is 12.2 Å². The number of esters is 1. The maximum atomic E-state index is 11.9. The molecular weight excluding hydrogens is 256 g/mol. The summed E-state index contributed by atoms with van der Waals surface area (Å²) in [7, 11) is 0. The van der Waals surface area contributed by atoms with E-state index in [0.717, 1.165) is 17.5 Å². The Morgan fingerprint density at radius 3 is 2.45 bits per heavy atom. The molecule has 0 heterocycles. The highest BCUT2D eigenvalue weighted by atomic mass is 16.5. The minimum Gasteiger partial charge on any atom is -0.507 e. The van der Waals surface area contributed by atoms with E-state index in [1.807, 2.05) is 27.7 Å². The van der Waals surface area contributed by atoms with E-state index < -0.39 is 5.97 Å². The van der Waals surface area contributed by atoms with Gasteiger partial charge in [-0.15, -0.1) is 0 Å². The van der Waals surface area contributed by atoms with Crippen LogP contribution in [0.15, 0.2) is 12.1 Å². The van der Waals surface area contributed by atoms with Gasteiger partial charge in [-0.25, -0.2) is 4.79 Å². The monoisotopic (exact) mass is 280 g/mol. The summed E-state index contributed by atoms with van der Waals surface area (Å²) in [5.74, 6) is -0.208. The van der Waals surface area contributed by atoms with Crippen molar-refractivity contribution < 1.29 is 19.7 Å². The number of hydrogen-bond acceptors (Lipinski definition) is 4. The van der Waals surface area contributed by atoms with E-state index in [-0.39, 0.29) is 24.4 Å².